The number of anilines is 1. The number of benzene rings is 2. The minimum Gasteiger partial charge on any atom is -0.497 e. The standard InChI is InChI=1S/C27H31N5O2/c1-18-14-19(2)17-32(16-18)26-25(30-23-6-4-5-7-24(23)31-26)22(15-28)27(33)29-13-12-20-8-10-21(34-3)11-9-20/h4-11,18-19,22H,12-14,16-17H2,1-3H3,(H,29,33)/t18-,19-,22-/m1/s1. The molecule has 4 rings (SSSR count). The molecule has 0 radical (unpaired) electrons. The SMILES string of the molecule is COc1ccc(CCNC(=O)[C@H](C#N)c2nc3ccccc3nc2N2C[C@H](C)C[C@@H](C)C2)cc1. The van der Waals surface area contributed by atoms with Crippen LogP contribution in [-0.2, 0) is 11.2 Å². The Hall–Kier alpha value is -3.66. The lowest BCUT2D eigenvalue weighted by molar-refractivity contribution is -0.121. The second-order valence-corrected chi connectivity index (χ2v) is 9.22. The molecule has 0 bridgehead atoms. The van der Waals surface area contributed by atoms with E-state index in [4.69, 9.17) is 14.7 Å². The monoisotopic (exact) mass is 457 g/mol. The molecule has 1 amide bonds. The van der Waals surface area contributed by atoms with Gasteiger partial charge in [-0.1, -0.05) is 38.1 Å². The number of rotatable bonds is 7. The Balaban J connectivity index is 1.57. The highest BCUT2D eigenvalue weighted by Crippen LogP contribution is 2.31. The third-order valence-electron chi connectivity index (χ3n) is 6.28. The van der Waals surface area contributed by atoms with Crippen molar-refractivity contribution in [1.82, 2.24) is 15.3 Å². The molecule has 1 aliphatic heterocycles. The number of piperidine rings is 1. The number of ether oxygens (including phenoxy) is 1. The van der Waals surface area contributed by atoms with E-state index in [0.29, 0.717) is 41.8 Å². The Kier molecular flexibility index (Phi) is 7.27. The highest BCUT2D eigenvalue weighted by atomic mass is 16.5. The van der Waals surface area contributed by atoms with Gasteiger partial charge in [-0.05, 0) is 54.5 Å². The van der Waals surface area contributed by atoms with E-state index >= 15 is 0 Å². The summed E-state index contributed by atoms with van der Waals surface area (Å²) in [5, 5.41) is 12.9. The lowest BCUT2D eigenvalue weighted by atomic mass is 9.91. The number of aromatic nitrogens is 2. The fourth-order valence-corrected chi connectivity index (χ4v) is 4.73. The number of methoxy groups -OCH3 is 1. The van der Waals surface area contributed by atoms with Gasteiger partial charge in [-0.25, -0.2) is 9.97 Å². The van der Waals surface area contributed by atoms with E-state index in [0.717, 1.165) is 36.3 Å². The molecule has 176 valence electrons. The molecule has 0 aliphatic carbocycles. The maximum Gasteiger partial charge on any atom is 0.243 e. The quantitative estimate of drug-likeness (QED) is 0.575. The summed E-state index contributed by atoms with van der Waals surface area (Å²) in [6, 6.07) is 17.5. The number of para-hydroxylation sites is 2. The zero-order valence-corrected chi connectivity index (χ0v) is 20.0. The first kappa shape index (κ1) is 23.5. The molecular weight excluding hydrogens is 426 g/mol. The van der Waals surface area contributed by atoms with Crippen LogP contribution in [0.2, 0.25) is 0 Å². The van der Waals surface area contributed by atoms with Crippen LogP contribution in [0.5, 0.6) is 5.75 Å². The fraction of sp³-hybridized carbons (Fsp3) is 0.407. The van der Waals surface area contributed by atoms with Crippen molar-refractivity contribution in [2.75, 3.05) is 31.6 Å². The molecule has 1 aliphatic rings. The van der Waals surface area contributed by atoms with Gasteiger partial charge in [0, 0.05) is 19.6 Å². The van der Waals surface area contributed by atoms with Crippen molar-refractivity contribution in [1.29, 1.82) is 5.26 Å². The van der Waals surface area contributed by atoms with Crippen LogP contribution in [0.4, 0.5) is 5.82 Å². The van der Waals surface area contributed by atoms with Crippen LogP contribution in [0.3, 0.4) is 0 Å². The van der Waals surface area contributed by atoms with Crippen molar-refractivity contribution in [2.24, 2.45) is 11.8 Å². The normalized spacial score (nSPS) is 18.8. The van der Waals surface area contributed by atoms with E-state index in [2.05, 4.69) is 30.1 Å². The molecule has 1 N–H and O–H groups in total. The number of nitriles is 1. The van der Waals surface area contributed by atoms with Crippen LogP contribution >= 0.6 is 0 Å². The van der Waals surface area contributed by atoms with Crippen molar-refractivity contribution >= 4 is 22.8 Å². The molecule has 1 aromatic heterocycles. The van der Waals surface area contributed by atoms with Crippen LogP contribution in [-0.4, -0.2) is 42.6 Å². The van der Waals surface area contributed by atoms with Gasteiger partial charge in [0.25, 0.3) is 0 Å². The van der Waals surface area contributed by atoms with Crippen LogP contribution in [0.1, 0.15) is 37.4 Å². The third kappa shape index (κ3) is 5.28. The molecule has 7 heteroatoms. The molecule has 34 heavy (non-hydrogen) atoms. The zero-order valence-electron chi connectivity index (χ0n) is 20.0. The van der Waals surface area contributed by atoms with Crippen molar-refractivity contribution in [2.45, 2.75) is 32.6 Å². The molecule has 0 unspecified atom stereocenters. The first-order valence-electron chi connectivity index (χ1n) is 11.8. The van der Waals surface area contributed by atoms with Crippen LogP contribution in [0.15, 0.2) is 48.5 Å². The molecule has 1 saturated heterocycles. The minimum absolute atomic E-state index is 0.347. The number of carbonyl (C=O) groups is 1. The highest BCUT2D eigenvalue weighted by molar-refractivity contribution is 5.88. The van der Waals surface area contributed by atoms with Gasteiger partial charge in [-0.2, -0.15) is 5.26 Å². The lowest BCUT2D eigenvalue weighted by Crippen LogP contribution is -2.40. The van der Waals surface area contributed by atoms with Crippen molar-refractivity contribution in [3.63, 3.8) is 0 Å². The zero-order chi connectivity index (χ0) is 24.1. The van der Waals surface area contributed by atoms with Crippen LogP contribution in [0, 0.1) is 23.2 Å². The molecular formula is C27H31N5O2. The van der Waals surface area contributed by atoms with E-state index in [9.17, 15) is 10.1 Å². The van der Waals surface area contributed by atoms with E-state index < -0.39 is 5.92 Å². The molecule has 0 spiro atoms. The van der Waals surface area contributed by atoms with Gasteiger partial charge < -0.3 is 15.0 Å². The number of nitrogens with one attached hydrogen (secondary N) is 1. The number of carbonyl (C=O) groups excluding carboxylic acids is 1. The first-order chi connectivity index (χ1) is 16.5. The number of amides is 1. The summed E-state index contributed by atoms with van der Waals surface area (Å²) < 4.78 is 5.19. The Labute approximate surface area is 200 Å². The van der Waals surface area contributed by atoms with E-state index in [1.54, 1.807) is 7.11 Å². The summed E-state index contributed by atoms with van der Waals surface area (Å²) in [4.78, 5) is 25.0. The Morgan fingerprint density at radius 3 is 2.38 bits per heavy atom. The molecule has 3 aromatic rings. The average molecular weight is 458 g/mol. The van der Waals surface area contributed by atoms with Crippen molar-refractivity contribution in [3.05, 3.63) is 59.8 Å². The maximum absolute atomic E-state index is 13.1. The summed E-state index contributed by atoms with van der Waals surface area (Å²) in [5.74, 6) is 1.07. The predicted octanol–water partition coefficient (Wildman–Crippen LogP) is 4.09. The summed E-state index contributed by atoms with van der Waals surface area (Å²) in [6.45, 7) is 6.55. The van der Waals surface area contributed by atoms with Crippen LogP contribution < -0.4 is 15.0 Å². The first-order valence-corrected chi connectivity index (χ1v) is 11.8. The molecule has 3 atom stereocenters. The summed E-state index contributed by atoms with van der Waals surface area (Å²) in [5.41, 5.74) is 2.97. The van der Waals surface area contributed by atoms with Gasteiger partial charge in [0.05, 0.1) is 24.2 Å². The second-order valence-electron chi connectivity index (χ2n) is 9.22. The minimum atomic E-state index is -1.03. The largest absolute Gasteiger partial charge is 0.497 e. The smallest absolute Gasteiger partial charge is 0.243 e. The summed E-state index contributed by atoms with van der Waals surface area (Å²) >= 11 is 0. The fourth-order valence-electron chi connectivity index (χ4n) is 4.73. The average Bonchev–Trinajstić information content (AvgIpc) is 2.84. The molecule has 7 nitrogen and oxygen atoms in total. The Bertz CT molecular complexity index is 1180. The van der Waals surface area contributed by atoms with Gasteiger partial charge in [0.2, 0.25) is 5.91 Å². The molecule has 1 fully saturated rings. The number of nitrogens with zero attached hydrogens (tertiary/aromatic N) is 4. The van der Waals surface area contributed by atoms with Gasteiger partial charge in [-0.15, -0.1) is 0 Å². The third-order valence-corrected chi connectivity index (χ3v) is 6.28. The molecule has 2 heterocycles. The van der Waals surface area contributed by atoms with Crippen LogP contribution in [0.25, 0.3) is 11.0 Å². The van der Waals surface area contributed by atoms with Gasteiger partial charge in [-0.3, -0.25) is 4.79 Å². The van der Waals surface area contributed by atoms with E-state index in [1.165, 1.54) is 0 Å². The van der Waals surface area contributed by atoms with Gasteiger partial charge in [0.15, 0.2) is 11.7 Å². The number of fused-ring (bicyclic) bond motifs is 1. The summed E-state index contributed by atoms with van der Waals surface area (Å²) in [7, 11) is 1.63. The van der Waals surface area contributed by atoms with Gasteiger partial charge in [0.1, 0.15) is 11.4 Å². The van der Waals surface area contributed by atoms with E-state index in [-0.39, 0.29) is 5.91 Å². The van der Waals surface area contributed by atoms with Crippen molar-refractivity contribution in [3.8, 4) is 11.8 Å². The number of hydrogen-bond acceptors (Lipinski definition) is 6. The highest BCUT2D eigenvalue weighted by Gasteiger charge is 2.31. The topological polar surface area (TPSA) is 91.1 Å². The van der Waals surface area contributed by atoms with E-state index in [1.807, 2.05) is 48.5 Å². The predicted molar refractivity (Wildman–Crippen MR) is 133 cm³/mol. The number of hydrogen-bond donors (Lipinski definition) is 1. The molecule has 2 aromatic carbocycles. The lowest BCUT2D eigenvalue weighted by Gasteiger charge is -2.36. The van der Waals surface area contributed by atoms with Crippen molar-refractivity contribution < 1.29 is 9.53 Å². The van der Waals surface area contributed by atoms with Gasteiger partial charge >= 0.3 is 0 Å². The molecule has 0 saturated carbocycles. The Morgan fingerprint density at radius 2 is 1.76 bits per heavy atom. The summed E-state index contributed by atoms with van der Waals surface area (Å²) in [6.07, 6.45) is 1.81. The second kappa shape index (κ2) is 10.5. The Morgan fingerprint density at radius 1 is 1.12 bits per heavy atom. The maximum atomic E-state index is 13.1.